The Balaban J connectivity index is 1.74. The van der Waals surface area contributed by atoms with E-state index in [9.17, 15) is 22.8 Å². The van der Waals surface area contributed by atoms with Crippen LogP contribution in [0.4, 0.5) is 0 Å². The van der Waals surface area contributed by atoms with Crippen molar-refractivity contribution in [3.63, 3.8) is 0 Å². The van der Waals surface area contributed by atoms with Crippen molar-refractivity contribution in [2.45, 2.75) is 57.1 Å². The fourth-order valence-electron chi connectivity index (χ4n) is 3.85. The smallest absolute Gasteiger partial charge is 0.309 e. The standard InChI is InChI=1S/C19H32N2O6S/c1-3-27-19(24)15-8-11-21(12-9-15)18(23)14-20(2)17(22)10-13-28(25,26)16-6-4-5-7-16/h15-16H,3-14H2,1-2H3. The molecule has 9 heteroatoms. The Bertz CT molecular complexity index is 664. The SMILES string of the molecule is CCOC(=O)C1CCN(C(=O)CN(C)C(=O)CCS(=O)(=O)C2CCCC2)CC1. The highest BCUT2D eigenvalue weighted by Gasteiger charge is 2.31. The summed E-state index contributed by atoms with van der Waals surface area (Å²) in [6, 6.07) is 0. The lowest BCUT2D eigenvalue weighted by Gasteiger charge is -2.32. The number of piperidine rings is 1. The normalized spacial score (nSPS) is 18.9. The van der Waals surface area contributed by atoms with Crippen molar-refractivity contribution < 1.29 is 27.5 Å². The number of amides is 2. The number of carbonyl (C=O) groups is 3. The van der Waals surface area contributed by atoms with E-state index in [0.29, 0.717) is 45.4 Å². The van der Waals surface area contributed by atoms with Crippen LogP contribution < -0.4 is 0 Å². The van der Waals surface area contributed by atoms with Crippen molar-refractivity contribution in [1.82, 2.24) is 9.80 Å². The first kappa shape index (κ1) is 22.6. The summed E-state index contributed by atoms with van der Waals surface area (Å²) in [4.78, 5) is 39.4. The Morgan fingerprint density at radius 3 is 2.25 bits per heavy atom. The minimum atomic E-state index is -3.24. The molecular formula is C19H32N2O6S. The number of carbonyl (C=O) groups excluding carboxylic acids is 3. The quantitative estimate of drug-likeness (QED) is 0.547. The summed E-state index contributed by atoms with van der Waals surface area (Å²) in [6.07, 6.45) is 4.26. The van der Waals surface area contributed by atoms with Crippen LogP contribution in [0.25, 0.3) is 0 Å². The minimum Gasteiger partial charge on any atom is -0.466 e. The number of nitrogens with zero attached hydrogens (tertiary/aromatic N) is 2. The number of likely N-dealkylation sites (N-methyl/N-ethyl adjacent to an activating group) is 1. The molecule has 0 spiro atoms. The number of ether oxygens (including phenoxy) is 1. The average molecular weight is 417 g/mol. The molecule has 0 aromatic heterocycles. The van der Waals surface area contributed by atoms with Crippen LogP contribution in [-0.4, -0.2) is 80.3 Å². The highest BCUT2D eigenvalue weighted by molar-refractivity contribution is 7.92. The van der Waals surface area contributed by atoms with E-state index in [1.54, 1.807) is 11.8 Å². The molecule has 28 heavy (non-hydrogen) atoms. The molecule has 1 saturated heterocycles. The zero-order valence-electron chi connectivity index (χ0n) is 16.9. The summed E-state index contributed by atoms with van der Waals surface area (Å²) < 4.78 is 29.6. The maximum atomic E-state index is 12.4. The molecule has 0 aromatic rings. The molecule has 8 nitrogen and oxygen atoms in total. The van der Waals surface area contributed by atoms with Gasteiger partial charge in [-0.1, -0.05) is 12.8 Å². The van der Waals surface area contributed by atoms with Crippen LogP contribution in [0.5, 0.6) is 0 Å². The van der Waals surface area contributed by atoms with E-state index < -0.39 is 9.84 Å². The number of likely N-dealkylation sites (tertiary alicyclic amines) is 1. The molecule has 1 saturated carbocycles. The van der Waals surface area contributed by atoms with Gasteiger partial charge in [-0.15, -0.1) is 0 Å². The molecule has 160 valence electrons. The van der Waals surface area contributed by atoms with Crippen molar-refractivity contribution in [2.75, 3.05) is 39.0 Å². The fourth-order valence-corrected chi connectivity index (χ4v) is 5.69. The summed E-state index contributed by atoms with van der Waals surface area (Å²) in [5, 5.41) is -0.312. The highest BCUT2D eigenvalue weighted by Crippen LogP contribution is 2.25. The molecule has 1 aliphatic heterocycles. The number of rotatable bonds is 8. The average Bonchev–Trinajstić information content (AvgIpc) is 3.22. The third-order valence-corrected chi connectivity index (χ3v) is 7.94. The molecule has 2 aliphatic rings. The van der Waals surface area contributed by atoms with Crippen molar-refractivity contribution in [3.05, 3.63) is 0 Å². The molecule has 0 N–H and O–H groups in total. The topological polar surface area (TPSA) is 101 Å². The van der Waals surface area contributed by atoms with Crippen molar-refractivity contribution in [3.8, 4) is 0 Å². The van der Waals surface area contributed by atoms with Gasteiger partial charge in [0.05, 0.1) is 30.1 Å². The lowest BCUT2D eigenvalue weighted by atomic mass is 9.97. The molecule has 2 fully saturated rings. The third-order valence-electron chi connectivity index (χ3n) is 5.68. The van der Waals surface area contributed by atoms with Gasteiger partial charge >= 0.3 is 5.97 Å². The van der Waals surface area contributed by atoms with Crippen LogP contribution in [0.1, 0.15) is 51.9 Å². The van der Waals surface area contributed by atoms with Crippen LogP contribution in [0, 0.1) is 5.92 Å². The van der Waals surface area contributed by atoms with E-state index >= 15 is 0 Å². The van der Waals surface area contributed by atoms with Crippen molar-refractivity contribution in [2.24, 2.45) is 5.92 Å². The molecular weight excluding hydrogens is 384 g/mol. The van der Waals surface area contributed by atoms with Gasteiger partial charge in [-0.05, 0) is 32.6 Å². The molecule has 0 aromatic carbocycles. The van der Waals surface area contributed by atoms with Gasteiger partial charge in [0.15, 0.2) is 9.84 Å². The lowest BCUT2D eigenvalue weighted by molar-refractivity contribution is -0.151. The van der Waals surface area contributed by atoms with Gasteiger partial charge in [-0.2, -0.15) is 0 Å². The Kier molecular flexibility index (Phi) is 8.27. The molecule has 0 unspecified atom stereocenters. The van der Waals surface area contributed by atoms with Crippen molar-refractivity contribution >= 4 is 27.6 Å². The monoisotopic (exact) mass is 416 g/mol. The zero-order chi connectivity index (χ0) is 20.7. The van der Waals surface area contributed by atoms with Crippen molar-refractivity contribution in [1.29, 1.82) is 0 Å². The fraction of sp³-hybridized carbons (Fsp3) is 0.842. The molecule has 2 rings (SSSR count). The van der Waals surface area contributed by atoms with Crippen LogP contribution in [0.3, 0.4) is 0 Å². The first-order chi connectivity index (χ1) is 13.2. The summed E-state index contributed by atoms with van der Waals surface area (Å²) in [5.74, 6) is -1.07. The van der Waals surface area contributed by atoms with E-state index in [1.807, 2.05) is 0 Å². The van der Waals surface area contributed by atoms with Crippen LogP contribution >= 0.6 is 0 Å². The van der Waals surface area contributed by atoms with E-state index in [4.69, 9.17) is 4.74 Å². The van der Waals surface area contributed by atoms with Gasteiger partial charge in [-0.25, -0.2) is 8.42 Å². The van der Waals surface area contributed by atoms with E-state index in [0.717, 1.165) is 12.8 Å². The Hall–Kier alpha value is -1.64. The Labute approximate surface area is 167 Å². The highest BCUT2D eigenvalue weighted by atomic mass is 32.2. The third kappa shape index (κ3) is 6.18. The largest absolute Gasteiger partial charge is 0.466 e. The molecule has 2 amide bonds. The second-order valence-corrected chi connectivity index (χ2v) is 10.1. The van der Waals surface area contributed by atoms with Gasteiger partial charge < -0.3 is 14.5 Å². The second kappa shape index (κ2) is 10.2. The van der Waals surface area contributed by atoms with E-state index in [2.05, 4.69) is 0 Å². The number of esters is 1. The van der Waals surface area contributed by atoms with Gasteiger partial charge in [-0.3, -0.25) is 14.4 Å². The summed E-state index contributed by atoms with van der Waals surface area (Å²) in [5.41, 5.74) is 0. The Morgan fingerprint density at radius 1 is 1.07 bits per heavy atom. The van der Waals surface area contributed by atoms with E-state index in [-0.39, 0.29) is 47.7 Å². The van der Waals surface area contributed by atoms with Crippen LogP contribution in [-0.2, 0) is 29.0 Å². The molecule has 0 radical (unpaired) electrons. The number of sulfone groups is 1. The molecule has 0 atom stereocenters. The summed E-state index contributed by atoms with van der Waals surface area (Å²) in [7, 11) is -1.72. The molecule has 1 aliphatic carbocycles. The minimum absolute atomic E-state index is 0.0770. The molecule has 0 bridgehead atoms. The summed E-state index contributed by atoms with van der Waals surface area (Å²) in [6.45, 7) is 2.96. The van der Waals surface area contributed by atoms with Crippen LogP contribution in [0.15, 0.2) is 0 Å². The number of hydrogen-bond acceptors (Lipinski definition) is 6. The first-order valence-electron chi connectivity index (χ1n) is 10.1. The van der Waals surface area contributed by atoms with Gasteiger partial charge in [0.1, 0.15) is 0 Å². The number of hydrogen-bond donors (Lipinski definition) is 0. The Morgan fingerprint density at radius 2 is 1.68 bits per heavy atom. The predicted octanol–water partition coefficient (Wildman–Crippen LogP) is 0.994. The predicted molar refractivity (Wildman–Crippen MR) is 104 cm³/mol. The van der Waals surface area contributed by atoms with Gasteiger partial charge in [0.2, 0.25) is 11.8 Å². The maximum Gasteiger partial charge on any atom is 0.309 e. The van der Waals surface area contributed by atoms with Gasteiger partial charge in [0.25, 0.3) is 0 Å². The maximum absolute atomic E-state index is 12.4. The molecule has 1 heterocycles. The van der Waals surface area contributed by atoms with Crippen LogP contribution in [0.2, 0.25) is 0 Å². The zero-order valence-corrected chi connectivity index (χ0v) is 17.7. The first-order valence-corrected chi connectivity index (χ1v) is 11.9. The lowest BCUT2D eigenvalue weighted by Crippen LogP contribution is -2.45. The second-order valence-electron chi connectivity index (χ2n) is 7.68. The summed E-state index contributed by atoms with van der Waals surface area (Å²) >= 11 is 0. The van der Waals surface area contributed by atoms with E-state index in [1.165, 1.54) is 11.9 Å². The van der Waals surface area contributed by atoms with Gasteiger partial charge in [0, 0.05) is 26.6 Å².